The number of hydrogen-bond acceptors (Lipinski definition) is 2. The predicted molar refractivity (Wildman–Crippen MR) is 121 cm³/mol. The summed E-state index contributed by atoms with van der Waals surface area (Å²) in [7, 11) is 0. The molecule has 1 saturated carbocycles. The number of fused-ring (bicyclic) bond motifs is 6. The number of aryl methyl sites for hydroxylation is 1. The van der Waals surface area contributed by atoms with E-state index in [9.17, 15) is 0 Å². The van der Waals surface area contributed by atoms with Gasteiger partial charge in [-0.15, -0.1) is 11.3 Å². The fourth-order valence-electron chi connectivity index (χ4n) is 6.17. The van der Waals surface area contributed by atoms with Gasteiger partial charge in [-0.25, -0.2) is 0 Å². The Balaban J connectivity index is 1.47. The van der Waals surface area contributed by atoms with Crippen LogP contribution in [0, 0.1) is 11.8 Å². The molecule has 1 aromatic heterocycles. The van der Waals surface area contributed by atoms with Gasteiger partial charge in [0.15, 0.2) is 0 Å². The van der Waals surface area contributed by atoms with Crippen LogP contribution in [0.25, 0.3) is 16.2 Å². The lowest BCUT2D eigenvalue weighted by atomic mass is 9.76. The maximum absolute atomic E-state index is 3.84. The molecule has 0 radical (unpaired) electrons. The molecule has 2 heteroatoms. The Kier molecular flexibility index (Phi) is 3.74. The van der Waals surface area contributed by atoms with E-state index in [0.717, 1.165) is 0 Å². The van der Waals surface area contributed by atoms with Crippen molar-refractivity contribution in [1.29, 1.82) is 0 Å². The van der Waals surface area contributed by atoms with Crippen LogP contribution in [0.1, 0.15) is 60.1 Å². The number of anilines is 1. The van der Waals surface area contributed by atoms with Gasteiger partial charge in [0.05, 0.1) is 0 Å². The first-order chi connectivity index (χ1) is 13.7. The molecule has 5 atom stereocenters. The number of allylic oxidation sites excluding steroid dienone is 1. The second-order valence-electron chi connectivity index (χ2n) is 9.12. The van der Waals surface area contributed by atoms with E-state index in [1.165, 1.54) is 45.5 Å². The zero-order valence-electron chi connectivity index (χ0n) is 16.6. The van der Waals surface area contributed by atoms with Crippen LogP contribution < -0.4 is 5.32 Å². The molecule has 0 amide bonds. The smallest absolute Gasteiger partial charge is 0.0410 e. The van der Waals surface area contributed by atoms with Gasteiger partial charge in [0.2, 0.25) is 0 Å². The zero-order chi connectivity index (χ0) is 18.8. The molecule has 2 heterocycles. The van der Waals surface area contributed by atoms with Crippen molar-refractivity contribution >= 4 is 33.2 Å². The van der Waals surface area contributed by atoms with Gasteiger partial charge >= 0.3 is 0 Å². The fourth-order valence-corrected chi connectivity index (χ4v) is 7.36. The van der Waals surface area contributed by atoms with Crippen molar-refractivity contribution in [3.63, 3.8) is 0 Å². The molecule has 3 aliphatic rings. The summed E-state index contributed by atoms with van der Waals surface area (Å²) in [5.41, 5.74) is 6.17. The van der Waals surface area contributed by atoms with E-state index >= 15 is 0 Å². The van der Waals surface area contributed by atoms with E-state index in [1.807, 2.05) is 11.3 Å². The number of rotatable bonds is 1. The van der Waals surface area contributed by atoms with Crippen molar-refractivity contribution in [2.45, 2.75) is 51.0 Å². The van der Waals surface area contributed by atoms with E-state index in [2.05, 4.69) is 73.8 Å². The van der Waals surface area contributed by atoms with Gasteiger partial charge in [0, 0.05) is 21.3 Å². The molecule has 0 spiro atoms. The normalized spacial score (nSPS) is 30.6. The summed E-state index contributed by atoms with van der Waals surface area (Å²) in [6, 6.07) is 16.6. The molecule has 1 fully saturated rings. The molecule has 28 heavy (non-hydrogen) atoms. The highest BCUT2D eigenvalue weighted by Gasteiger charge is 2.45. The third kappa shape index (κ3) is 2.37. The SMILES string of the molecule is CC1CCc2cccc(C3C(C)CC4c5c(sc6ccccc56)C=CC43)c2N1. The van der Waals surface area contributed by atoms with Gasteiger partial charge in [0.25, 0.3) is 0 Å². The molecule has 3 aromatic rings. The van der Waals surface area contributed by atoms with E-state index in [-0.39, 0.29) is 0 Å². The zero-order valence-corrected chi connectivity index (χ0v) is 17.4. The average molecular weight is 386 g/mol. The van der Waals surface area contributed by atoms with Crippen molar-refractivity contribution < 1.29 is 0 Å². The largest absolute Gasteiger partial charge is 0.382 e. The molecule has 142 valence electrons. The highest BCUT2D eigenvalue weighted by molar-refractivity contribution is 7.20. The summed E-state index contributed by atoms with van der Waals surface area (Å²) in [6.45, 7) is 4.81. The third-order valence-electron chi connectivity index (χ3n) is 7.40. The Morgan fingerprint density at radius 3 is 2.86 bits per heavy atom. The molecule has 0 bridgehead atoms. The van der Waals surface area contributed by atoms with E-state index in [1.54, 1.807) is 11.1 Å². The van der Waals surface area contributed by atoms with Crippen LogP contribution in [0.3, 0.4) is 0 Å². The second kappa shape index (κ2) is 6.22. The summed E-state index contributed by atoms with van der Waals surface area (Å²) in [4.78, 5) is 1.50. The lowest BCUT2D eigenvalue weighted by Crippen LogP contribution is -2.25. The lowest BCUT2D eigenvalue weighted by molar-refractivity contribution is 0.482. The number of benzene rings is 2. The molecule has 1 N–H and O–H groups in total. The molecular weight excluding hydrogens is 358 g/mol. The highest BCUT2D eigenvalue weighted by Crippen LogP contribution is 2.58. The number of thiophene rings is 1. The lowest BCUT2D eigenvalue weighted by Gasteiger charge is -2.32. The van der Waals surface area contributed by atoms with E-state index in [0.29, 0.717) is 29.7 Å². The number of para-hydroxylation sites is 1. The van der Waals surface area contributed by atoms with Crippen LogP contribution >= 0.6 is 11.3 Å². The van der Waals surface area contributed by atoms with Crippen LogP contribution in [0.5, 0.6) is 0 Å². The third-order valence-corrected chi connectivity index (χ3v) is 8.55. The van der Waals surface area contributed by atoms with Gasteiger partial charge in [-0.1, -0.05) is 49.4 Å². The van der Waals surface area contributed by atoms with Crippen LogP contribution in [0.4, 0.5) is 5.69 Å². The highest BCUT2D eigenvalue weighted by atomic mass is 32.1. The standard InChI is InChI=1S/C26H27NS/c1-15-14-21-18(12-13-23-25(21)19-7-3-4-9-22(19)28-23)24(15)20-8-5-6-17-11-10-16(2)27-26(17)20/h3-9,12-13,15-16,18,21,24,27H,10-11,14H2,1-2H3. The number of hydrogen-bond donors (Lipinski definition) is 1. The summed E-state index contributed by atoms with van der Waals surface area (Å²) in [6.07, 6.45) is 8.72. The maximum Gasteiger partial charge on any atom is 0.0410 e. The van der Waals surface area contributed by atoms with Crippen LogP contribution in [0.2, 0.25) is 0 Å². The maximum atomic E-state index is 3.84. The minimum atomic E-state index is 0.579. The average Bonchev–Trinajstić information content (AvgIpc) is 3.24. The first-order valence-corrected chi connectivity index (χ1v) is 11.6. The monoisotopic (exact) mass is 385 g/mol. The molecule has 5 unspecified atom stereocenters. The van der Waals surface area contributed by atoms with Crippen LogP contribution in [-0.4, -0.2) is 6.04 Å². The number of nitrogens with one attached hydrogen (secondary N) is 1. The first kappa shape index (κ1) is 16.9. The minimum absolute atomic E-state index is 0.579. The van der Waals surface area contributed by atoms with Gasteiger partial charge in [-0.05, 0) is 84.1 Å². The van der Waals surface area contributed by atoms with E-state index in [4.69, 9.17) is 0 Å². The van der Waals surface area contributed by atoms with Crippen LogP contribution in [0.15, 0.2) is 48.5 Å². The van der Waals surface area contributed by atoms with Crippen molar-refractivity contribution in [2.24, 2.45) is 11.8 Å². The van der Waals surface area contributed by atoms with Gasteiger partial charge in [-0.3, -0.25) is 0 Å². The van der Waals surface area contributed by atoms with Crippen molar-refractivity contribution in [3.8, 4) is 0 Å². The molecular formula is C26H27NS. The Bertz CT molecular complexity index is 1090. The van der Waals surface area contributed by atoms with Crippen molar-refractivity contribution in [2.75, 3.05) is 5.32 Å². The first-order valence-electron chi connectivity index (χ1n) is 10.8. The summed E-state index contributed by atoms with van der Waals surface area (Å²) in [5, 5.41) is 5.34. The van der Waals surface area contributed by atoms with Gasteiger partial charge < -0.3 is 5.32 Å². The Labute approximate surface area is 171 Å². The quantitative estimate of drug-likeness (QED) is 0.467. The summed E-state index contributed by atoms with van der Waals surface area (Å²) in [5.74, 6) is 2.59. The molecule has 6 rings (SSSR count). The second-order valence-corrected chi connectivity index (χ2v) is 10.2. The van der Waals surface area contributed by atoms with Crippen molar-refractivity contribution in [3.05, 3.63) is 70.1 Å². The van der Waals surface area contributed by atoms with E-state index < -0.39 is 0 Å². The molecule has 2 aromatic carbocycles. The topological polar surface area (TPSA) is 12.0 Å². The van der Waals surface area contributed by atoms with Crippen molar-refractivity contribution in [1.82, 2.24) is 0 Å². The fraction of sp³-hybridized carbons (Fsp3) is 0.385. The van der Waals surface area contributed by atoms with Gasteiger partial charge in [-0.2, -0.15) is 0 Å². The Morgan fingerprint density at radius 2 is 1.93 bits per heavy atom. The molecule has 1 aliphatic heterocycles. The van der Waals surface area contributed by atoms with Gasteiger partial charge in [0.1, 0.15) is 0 Å². The Hall–Kier alpha value is -2.06. The minimum Gasteiger partial charge on any atom is -0.382 e. The molecule has 0 saturated heterocycles. The summed E-state index contributed by atoms with van der Waals surface area (Å²) < 4.78 is 1.45. The molecule has 1 nitrogen and oxygen atoms in total. The Morgan fingerprint density at radius 1 is 1.04 bits per heavy atom. The molecule has 2 aliphatic carbocycles. The summed E-state index contributed by atoms with van der Waals surface area (Å²) >= 11 is 1.97. The predicted octanol–water partition coefficient (Wildman–Crippen LogP) is 7.20. The van der Waals surface area contributed by atoms with Crippen LogP contribution in [-0.2, 0) is 6.42 Å².